The minimum atomic E-state index is -0.308. The highest BCUT2D eigenvalue weighted by Crippen LogP contribution is 2.24. The van der Waals surface area contributed by atoms with Crippen LogP contribution in [0.15, 0.2) is 18.2 Å². The quantitative estimate of drug-likeness (QED) is 0.748. The maximum absolute atomic E-state index is 14.0. The molecule has 19 heavy (non-hydrogen) atoms. The fourth-order valence-electron chi connectivity index (χ4n) is 2.10. The van der Waals surface area contributed by atoms with Crippen LogP contribution in [0, 0.1) is 5.82 Å². The summed E-state index contributed by atoms with van der Waals surface area (Å²) in [7, 11) is 0. The number of benzene rings is 1. The van der Waals surface area contributed by atoms with E-state index in [-0.39, 0.29) is 11.9 Å². The summed E-state index contributed by atoms with van der Waals surface area (Å²) in [5.41, 5.74) is 6.40. The van der Waals surface area contributed by atoms with Crippen LogP contribution in [0.4, 0.5) is 4.39 Å². The van der Waals surface area contributed by atoms with Gasteiger partial charge in [-0.05, 0) is 25.6 Å². The Kier molecular flexibility index (Phi) is 7.31. The lowest BCUT2D eigenvalue weighted by Gasteiger charge is -2.30. The number of nitrogens with two attached hydrogens (primary N) is 1. The van der Waals surface area contributed by atoms with Crippen molar-refractivity contribution in [3.63, 3.8) is 0 Å². The smallest absolute Gasteiger partial charge is 0.129 e. The van der Waals surface area contributed by atoms with E-state index in [1.54, 1.807) is 12.1 Å². The Morgan fingerprint density at radius 2 is 2.16 bits per heavy atom. The van der Waals surface area contributed by atoms with Crippen LogP contribution in [0.25, 0.3) is 0 Å². The van der Waals surface area contributed by atoms with Crippen LogP contribution >= 0.6 is 11.6 Å². The zero-order valence-electron chi connectivity index (χ0n) is 11.5. The predicted molar refractivity (Wildman–Crippen MR) is 76.9 cm³/mol. The van der Waals surface area contributed by atoms with Crippen molar-refractivity contribution < 1.29 is 9.13 Å². The molecule has 1 rings (SSSR count). The van der Waals surface area contributed by atoms with Crippen LogP contribution < -0.4 is 5.73 Å². The minimum absolute atomic E-state index is 0.150. The van der Waals surface area contributed by atoms with Crippen molar-refractivity contribution in [1.29, 1.82) is 0 Å². The molecule has 2 N–H and O–H groups in total. The summed E-state index contributed by atoms with van der Waals surface area (Å²) in [5, 5.41) is 0.398. The molecule has 0 saturated carbocycles. The average Bonchev–Trinajstić information content (AvgIpc) is 2.39. The van der Waals surface area contributed by atoms with E-state index in [4.69, 9.17) is 22.1 Å². The minimum Gasteiger partial charge on any atom is -0.380 e. The van der Waals surface area contributed by atoms with Gasteiger partial charge in [-0.1, -0.05) is 24.6 Å². The molecule has 1 atom stereocenters. The lowest BCUT2D eigenvalue weighted by molar-refractivity contribution is 0.0972. The predicted octanol–water partition coefficient (Wildman–Crippen LogP) is 2.84. The summed E-state index contributed by atoms with van der Waals surface area (Å²) in [4.78, 5) is 2.11. The zero-order valence-corrected chi connectivity index (χ0v) is 12.3. The summed E-state index contributed by atoms with van der Waals surface area (Å²) in [6, 6.07) is 4.58. The molecule has 0 aromatic heterocycles. The summed E-state index contributed by atoms with van der Waals surface area (Å²) in [6.07, 6.45) is 0. The normalized spacial score (nSPS) is 12.9. The molecule has 0 fully saturated rings. The summed E-state index contributed by atoms with van der Waals surface area (Å²) in [6.45, 7) is 7.16. The Morgan fingerprint density at radius 3 is 2.68 bits per heavy atom. The van der Waals surface area contributed by atoms with Crippen molar-refractivity contribution in [2.45, 2.75) is 19.9 Å². The van der Waals surface area contributed by atoms with Crippen LogP contribution in [0.2, 0.25) is 5.02 Å². The van der Waals surface area contributed by atoms with E-state index in [0.717, 1.165) is 13.1 Å². The molecule has 0 aliphatic heterocycles. The van der Waals surface area contributed by atoms with E-state index in [1.165, 1.54) is 6.07 Å². The van der Waals surface area contributed by atoms with Crippen LogP contribution in [-0.4, -0.2) is 37.7 Å². The Morgan fingerprint density at radius 1 is 1.42 bits per heavy atom. The number of likely N-dealkylation sites (N-methyl/N-ethyl adjacent to an activating group) is 1. The lowest BCUT2D eigenvalue weighted by Crippen LogP contribution is -2.36. The Hall–Kier alpha value is -0.680. The van der Waals surface area contributed by atoms with Crippen molar-refractivity contribution in [3.05, 3.63) is 34.6 Å². The number of ether oxygens (including phenoxy) is 1. The van der Waals surface area contributed by atoms with Crippen molar-refractivity contribution in [1.82, 2.24) is 4.90 Å². The van der Waals surface area contributed by atoms with E-state index >= 15 is 0 Å². The molecule has 0 heterocycles. The van der Waals surface area contributed by atoms with Gasteiger partial charge in [0.25, 0.3) is 0 Å². The van der Waals surface area contributed by atoms with E-state index < -0.39 is 0 Å². The monoisotopic (exact) mass is 288 g/mol. The second kappa shape index (κ2) is 8.48. The first kappa shape index (κ1) is 16.4. The molecule has 0 aliphatic carbocycles. The molecule has 0 aliphatic rings. The molecule has 0 saturated heterocycles. The van der Waals surface area contributed by atoms with Crippen molar-refractivity contribution >= 4 is 11.6 Å². The third-order valence-corrected chi connectivity index (χ3v) is 3.35. The van der Waals surface area contributed by atoms with Crippen molar-refractivity contribution in [3.8, 4) is 0 Å². The molecule has 0 spiro atoms. The molecule has 1 unspecified atom stereocenters. The summed E-state index contributed by atoms with van der Waals surface area (Å²) >= 11 is 5.78. The van der Waals surface area contributed by atoms with E-state index in [0.29, 0.717) is 30.3 Å². The van der Waals surface area contributed by atoms with Crippen molar-refractivity contribution in [2.24, 2.45) is 5.73 Å². The van der Waals surface area contributed by atoms with Crippen molar-refractivity contribution in [2.75, 3.05) is 32.8 Å². The largest absolute Gasteiger partial charge is 0.380 e. The molecule has 1 aromatic carbocycles. The zero-order chi connectivity index (χ0) is 14.3. The number of hydrogen-bond donors (Lipinski definition) is 1. The van der Waals surface area contributed by atoms with Gasteiger partial charge in [0.05, 0.1) is 6.61 Å². The standard InChI is InChI=1S/C14H22ClFN2O/c1-3-18(7-8-19-4-2)14(10-17)12-6-5-11(15)9-13(12)16/h5-6,9,14H,3-4,7-8,10,17H2,1-2H3. The maximum Gasteiger partial charge on any atom is 0.129 e. The van der Waals surface area contributed by atoms with E-state index in [2.05, 4.69) is 4.90 Å². The SMILES string of the molecule is CCOCCN(CC)C(CN)c1ccc(Cl)cc1F. The van der Waals surface area contributed by atoms with E-state index in [1.807, 2.05) is 13.8 Å². The van der Waals surface area contributed by atoms with Gasteiger partial charge in [0.1, 0.15) is 5.82 Å². The van der Waals surface area contributed by atoms with Gasteiger partial charge < -0.3 is 10.5 Å². The Labute approximate surface area is 119 Å². The fourth-order valence-corrected chi connectivity index (χ4v) is 2.26. The van der Waals surface area contributed by atoms with Gasteiger partial charge in [0.2, 0.25) is 0 Å². The summed E-state index contributed by atoms with van der Waals surface area (Å²) < 4.78 is 19.3. The third kappa shape index (κ3) is 4.73. The highest BCUT2D eigenvalue weighted by Gasteiger charge is 2.20. The average molecular weight is 289 g/mol. The van der Waals surface area contributed by atoms with Gasteiger partial charge in [-0.2, -0.15) is 0 Å². The number of rotatable bonds is 8. The van der Waals surface area contributed by atoms with Gasteiger partial charge in [-0.25, -0.2) is 4.39 Å². The van der Waals surface area contributed by atoms with Gasteiger partial charge in [-0.15, -0.1) is 0 Å². The molecular weight excluding hydrogens is 267 g/mol. The van der Waals surface area contributed by atoms with Crippen LogP contribution in [0.3, 0.4) is 0 Å². The molecule has 1 aromatic rings. The van der Waals surface area contributed by atoms with Crippen LogP contribution in [0.5, 0.6) is 0 Å². The highest BCUT2D eigenvalue weighted by atomic mass is 35.5. The molecule has 3 nitrogen and oxygen atoms in total. The molecule has 108 valence electrons. The first-order chi connectivity index (χ1) is 9.13. The van der Waals surface area contributed by atoms with E-state index in [9.17, 15) is 4.39 Å². The van der Waals surface area contributed by atoms with Gasteiger partial charge >= 0.3 is 0 Å². The first-order valence-corrected chi connectivity index (χ1v) is 6.98. The Balaban J connectivity index is 2.84. The Bertz CT molecular complexity index is 390. The molecule has 0 radical (unpaired) electrons. The maximum atomic E-state index is 14.0. The van der Waals surface area contributed by atoms with Crippen LogP contribution in [-0.2, 0) is 4.74 Å². The number of halogens is 2. The van der Waals surface area contributed by atoms with Gasteiger partial charge in [-0.3, -0.25) is 4.90 Å². The molecule has 5 heteroatoms. The molecular formula is C14H22ClFN2O. The van der Waals surface area contributed by atoms with Crippen LogP contribution in [0.1, 0.15) is 25.5 Å². The second-order valence-corrected chi connectivity index (χ2v) is 4.68. The second-order valence-electron chi connectivity index (χ2n) is 4.24. The van der Waals surface area contributed by atoms with Gasteiger partial charge in [0, 0.05) is 36.3 Å². The number of nitrogens with zero attached hydrogens (tertiary/aromatic N) is 1. The topological polar surface area (TPSA) is 38.5 Å². The van der Waals surface area contributed by atoms with Gasteiger partial charge in [0.15, 0.2) is 0 Å². The molecule has 0 bridgehead atoms. The molecule has 0 amide bonds. The highest BCUT2D eigenvalue weighted by molar-refractivity contribution is 6.30. The third-order valence-electron chi connectivity index (χ3n) is 3.12. The lowest BCUT2D eigenvalue weighted by atomic mass is 10.0. The summed E-state index contributed by atoms with van der Waals surface area (Å²) in [5.74, 6) is -0.308. The number of hydrogen-bond acceptors (Lipinski definition) is 3. The fraction of sp³-hybridized carbons (Fsp3) is 0.571. The first-order valence-electron chi connectivity index (χ1n) is 6.60.